The van der Waals surface area contributed by atoms with Crippen molar-refractivity contribution in [1.82, 2.24) is 14.9 Å². The van der Waals surface area contributed by atoms with E-state index in [9.17, 15) is 4.79 Å². The average Bonchev–Trinajstić information content (AvgIpc) is 2.97. The molecule has 2 heterocycles. The van der Waals surface area contributed by atoms with E-state index in [2.05, 4.69) is 16.9 Å². The second-order valence-corrected chi connectivity index (χ2v) is 7.28. The number of hydrogen-bond acceptors (Lipinski definition) is 3. The largest absolute Gasteiger partial charge is 0.342 e. The predicted octanol–water partition coefficient (Wildman–Crippen LogP) is 3.91. The molecule has 2 aromatic carbocycles. The zero-order valence-corrected chi connectivity index (χ0v) is 14.3. The summed E-state index contributed by atoms with van der Waals surface area (Å²) in [6, 6.07) is 15.9. The summed E-state index contributed by atoms with van der Waals surface area (Å²) in [6.45, 7) is 3.56. The van der Waals surface area contributed by atoms with Gasteiger partial charge in [0.15, 0.2) is 0 Å². The molecule has 1 aliphatic rings. The second-order valence-electron chi connectivity index (χ2n) is 5.98. The Kier molecular flexibility index (Phi) is 4.02. The van der Waals surface area contributed by atoms with Gasteiger partial charge in [0.1, 0.15) is 5.82 Å². The highest BCUT2D eigenvalue weighted by atomic mass is 32.2. The first kappa shape index (κ1) is 15.3. The smallest absolute Gasteiger partial charge is 0.255 e. The van der Waals surface area contributed by atoms with Gasteiger partial charge in [-0.3, -0.25) is 4.79 Å². The van der Waals surface area contributed by atoms with Crippen molar-refractivity contribution in [2.24, 2.45) is 0 Å². The molecule has 0 saturated carbocycles. The fraction of sp³-hybridized carbons (Fsp3) is 0.263. The van der Waals surface area contributed by atoms with Gasteiger partial charge in [-0.2, -0.15) is 0 Å². The van der Waals surface area contributed by atoms with Crippen molar-refractivity contribution in [2.45, 2.75) is 17.7 Å². The molecule has 0 aliphatic carbocycles. The van der Waals surface area contributed by atoms with Gasteiger partial charge < -0.3 is 9.88 Å². The normalized spacial score (nSPS) is 14.8. The summed E-state index contributed by atoms with van der Waals surface area (Å²) in [4.78, 5) is 23.8. The lowest BCUT2D eigenvalue weighted by molar-refractivity contribution is 0.0592. The first-order valence-electron chi connectivity index (χ1n) is 8.22. The number of aromatic amines is 1. The van der Waals surface area contributed by atoms with Gasteiger partial charge in [-0.1, -0.05) is 31.2 Å². The third kappa shape index (κ3) is 2.69. The van der Waals surface area contributed by atoms with Crippen LogP contribution in [-0.2, 0) is 0 Å². The maximum atomic E-state index is 12.8. The minimum atomic E-state index is 0.124. The minimum absolute atomic E-state index is 0.124. The molecule has 0 bridgehead atoms. The van der Waals surface area contributed by atoms with Gasteiger partial charge in [-0.25, -0.2) is 4.98 Å². The van der Waals surface area contributed by atoms with E-state index in [0.717, 1.165) is 46.2 Å². The highest BCUT2D eigenvalue weighted by Gasteiger charge is 2.34. The highest BCUT2D eigenvalue weighted by Crippen LogP contribution is 2.30. The molecule has 1 saturated heterocycles. The van der Waals surface area contributed by atoms with E-state index < -0.39 is 0 Å². The number of hydrogen-bond donors (Lipinski definition) is 1. The number of H-pyrrole nitrogens is 1. The van der Waals surface area contributed by atoms with Crippen LogP contribution in [0.15, 0.2) is 53.4 Å². The molecule has 0 atom stereocenters. The van der Waals surface area contributed by atoms with Gasteiger partial charge in [-0.05, 0) is 30.0 Å². The molecular weight excluding hydrogens is 318 g/mol. The third-order valence-electron chi connectivity index (χ3n) is 4.38. The standard InChI is InChI=1S/C19H19N3OS/c1-2-24-17-10-6-3-7-14(17)19(23)22-11-13(12-22)18-20-15-8-4-5-9-16(15)21-18/h3-10,13H,2,11-12H2,1H3,(H,20,21). The minimum Gasteiger partial charge on any atom is -0.342 e. The van der Waals surface area contributed by atoms with Gasteiger partial charge in [0.25, 0.3) is 5.91 Å². The molecule has 1 N–H and O–H groups in total. The fourth-order valence-corrected chi connectivity index (χ4v) is 3.87. The summed E-state index contributed by atoms with van der Waals surface area (Å²) in [5.41, 5.74) is 2.86. The number of nitrogens with one attached hydrogen (secondary N) is 1. The number of thioether (sulfide) groups is 1. The maximum Gasteiger partial charge on any atom is 0.255 e. The molecule has 0 unspecified atom stereocenters. The van der Waals surface area contributed by atoms with Crippen molar-refractivity contribution in [3.05, 3.63) is 59.9 Å². The van der Waals surface area contributed by atoms with E-state index in [4.69, 9.17) is 0 Å². The van der Waals surface area contributed by atoms with E-state index in [1.54, 1.807) is 11.8 Å². The van der Waals surface area contributed by atoms with Crippen LogP contribution < -0.4 is 0 Å². The third-order valence-corrected chi connectivity index (χ3v) is 5.34. The Morgan fingerprint density at radius 3 is 2.75 bits per heavy atom. The van der Waals surface area contributed by atoms with E-state index in [1.165, 1.54) is 0 Å². The molecule has 0 spiro atoms. The Labute approximate surface area is 145 Å². The summed E-state index contributed by atoms with van der Waals surface area (Å²) in [5.74, 6) is 2.37. The number of nitrogens with zero attached hydrogens (tertiary/aromatic N) is 2. The summed E-state index contributed by atoms with van der Waals surface area (Å²) in [6.07, 6.45) is 0. The van der Waals surface area contributed by atoms with E-state index >= 15 is 0 Å². The van der Waals surface area contributed by atoms with Crippen LogP contribution in [-0.4, -0.2) is 39.6 Å². The number of likely N-dealkylation sites (tertiary alicyclic amines) is 1. The van der Waals surface area contributed by atoms with Crippen LogP contribution in [0.3, 0.4) is 0 Å². The maximum absolute atomic E-state index is 12.8. The number of imidazole rings is 1. The SMILES string of the molecule is CCSc1ccccc1C(=O)N1CC(c2nc3ccccc3[nH]2)C1. The average molecular weight is 337 g/mol. The van der Waals surface area contributed by atoms with Crippen LogP contribution >= 0.6 is 11.8 Å². The number of aromatic nitrogens is 2. The van der Waals surface area contributed by atoms with Crippen LogP contribution in [0.5, 0.6) is 0 Å². The van der Waals surface area contributed by atoms with Crippen LogP contribution in [0.2, 0.25) is 0 Å². The molecule has 5 heteroatoms. The number of rotatable bonds is 4. The summed E-state index contributed by atoms with van der Waals surface area (Å²) < 4.78 is 0. The Hall–Kier alpha value is -2.27. The fourth-order valence-electron chi connectivity index (χ4n) is 3.08. The Bertz CT molecular complexity index is 850. The molecule has 1 fully saturated rings. The molecule has 24 heavy (non-hydrogen) atoms. The number of fused-ring (bicyclic) bond motifs is 1. The van der Waals surface area contributed by atoms with Crippen molar-refractivity contribution < 1.29 is 4.79 Å². The Morgan fingerprint density at radius 2 is 1.96 bits per heavy atom. The summed E-state index contributed by atoms with van der Waals surface area (Å²) in [7, 11) is 0. The lowest BCUT2D eigenvalue weighted by Gasteiger charge is -2.38. The van der Waals surface area contributed by atoms with Crippen LogP contribution in [0.1, 0.15) is 29.0 Å². The molecule has 1 amide bonds. The van der Waals surface area contributed by atoms with Gasteiger partial charge in [0.05, 0.1) is 22.5 Å². The molecule has 1 aromatic heterocycles. The highest BCUT2D eigenvalue weighted by molar-refractivity contribution is 7.99. The molecular formula is C19H19N3OS. The Morgan fingerprint density at radius 1 is 1.21 bits per heavy atom. The van der Waals surface area contributed by atoms with E-state index in [1.807, 2.05) is 53.4 Å². The zero-order valence-electron chi connectivity index (χ0n) is 13.5. The molecule has 4 rings (SSSR count). The predicted molar refractivity (Wildman–Crippen MR) is 97.6 cm³/mol. The molecule has 3 aromatic rings. The summed E-state index contributed by atoms with van der Waals surface area (Å²) in [5, 5.41) is 0. The first-order chi connectivity index (χ1) is 11.8. The van der Waals surface area contributed by atoms with Gasteiger partial charge in [0, 0.05) is 18.0 Å². The first-order valence-corrected chi connectivity index (χ1v) is 9.20. The van der Waals surface area contributed by atoms with E-state index in [0.29, 0.717) is 5.92 Å². The van der Waals surface area contributed by atoms with Crippen LogP contribution in [0, 0.1) is 0 Å². The lowest BCUT2D eigenvalue weighted by atomic mass is 9.98. The van der Waals surface area contributed by atoms with Crippen molar-refractivity contribution >= 4 is 28.7 Å². The van der Waals surface area contributed by atoms with Crippen LogP contribution in [0.25, 0.3) is 11.0 Å². The molecule has 0 radical (unpaired) electrons. The topological polar surface area (TPSA) is 49.0 Å². The van der Waals surface area contributed by atoms with Gasteiger partial charge in [-0.15, -0.1) is 11.8 Å². The number of carbonyl (C=O) groups excluding carboxylic acids is 1. The van der Waals surface area contributed by atoms with Crippen molar-refractivity contribution in [3.63, 3.8) is 0 Å². The monoisotopic (exact) mass is 337 g/mol. The molecule has 1 aliphatic heterocycles. The number of carbonyl (C=O) groups is 1. The quantitative estimate of drug-likeness (QED) is 0.734. The Balaban J connectivity index is 1.48. The molecule has 4 nitrogen and oxygen atoms in total. The number of benzene rings is 2. The van der Waals surface area contributed by atoms with Gasteiger partial charge in [0.2, 0.25) is 0 Å². The van der Waals surface area contributed by atoms with Gasteiger partial charge >= 0.3 is 0 Å². The lowest BCUT2D eigenvalue weighted by Crippen LogP contribution is -2.48. The van der Waals surface area contributed by atoms with Crippen molar-refractivity contribution in [1.29, 1.82) is 0 Å². The number of para-hydroxylation sites is 2. The van der Waals surface area contributed by atoms with Crippen LogP contribution in [0.4, 0.5) is 0 Å². The zero-order chi connectivity index (χ0) is 16.5. The van der Waals surface area contributed by atoms with E-state index in [-0.39, 0.29) is 5.91 Å². The summed E-state index contributed by atoms with van der Waals surface area (Å²) >= 11 is 1.72. The molecule has 122 valence electrons. The number of amides is 1. The van der Waals surface area contributed by atoms with Crippen molar-refractivity contribution in [2.75, 3.05) is 18.8 Å². The van der Waals surface area contributed by atoms with Crippen molar-refractivity contribution in [3.8, 4) is 0 Å². The second kappa shape index (κ2) is 6.32.